The summed E-state index contributed by atoms with van der Waals surface area (Å²) in [6, 6.07) is 4.80. The highest BCUT2D eigenvalue weighted by molar-refractivity contribution is 7.89. The Morgan fingerprint density at radius 1 is 1.29 bits per heavy atom. The minimum atomic E-state index is -3.77. The highest BCUT2D eigenvalue weighted by atomic mass is 35.5. The van der Waals surface area contributed by atoms with E-state index in [9.17, 15) is 12.8 Å². The summed E-state index contributed by atoms with van der Waals surface area (Å²) in [6.45, 7) is 1.24. The lowest BCUT2D eigenvalue weighted by Gasteiger charge is -2.32. The van der Waals surface area contributed by atoms with Gasteiger partial charge in [-0.1, -0.05) is 11.6 Å². The van der Waals surface area contributed by atoms with Gasteiger partial charge in [-0.25, -0.2) is 27.5 Å². The summed E-state index contributed by atoms with van der Waals surface area (Å²) in [6.07, 6.45) is 4.82. The minimum absolute atomic E-state index is 0.0537. The molecule has 128 valence electrons. The van der Waals surface area contributed by atoms with Gasteiger partial charge in [0.2, 0.25) is 16.0 Å². The third-order valence-corrected chi connectivity index (χ3v) is 5.59. The quantitative estimate of drug-likeness (QED) is 0.893. The van der Waals surface area contributed by atoms with E-state index in [0.717, 1.165) is 25.1 Å². The summed E-state index contributed by atoms with van der Waals surface area (Å²) in [5.41, 5.74) is 0. The van der Waals surface area contributed by atoms with Gasteiger partial charge in [0.1, 0.15) is 5.82 Å². The lowest BCUT2D eigenvalue weighted by molar-refractivity contribution is 0.461. The van der Waals surface area contributed by atoms with E-state index in [1.165, 1.54) is 6.07 Å². The fourth-order valence-corrected chi connectivity index (χ4v) is 4.17. The fourth-order valence-electron chi connectivity index (χ4n) is 2.64. The molecule has 1 saturated heterocycles. The van der Waals surface area contributed by atoms with Crippen molar-refractivity contribution >= 4 is 27.6 Å². The van der Waals surface area contributed by atoms with E-state index >= 15 is 0 Å². The zero-order valence-electron chi connectivity index (χ0n) is 12.7. The Morgan fingerprint density at radius 3 is 2.75 bits per heavy atom. The van der Waals surface area contributed by atoms with Gasteiger partial charge in [0, 0.05) is 31.5 Å². The number of aromatic nitrogens is 2. The molecule has 0 amide bonds. The van der Waals surface area contributed by atoms with Crippen LogP contribution in [-0.4, -0.2) is 37.5 Å². The van der Waals surface area contributed by atoms with Crippen molar-refractivity contribution in [3.8, 4) is 0 Å². The lowest BCUT2D eigenvalue weighted by Crippen LogP contribution is -2.48. The van der Waals surface area contributed by atoms with E-state index in [-0.39, 0.29) is 16.0 Å². The summed E-state index contributed by atoms with van der Waals surface area (Å²) in [4.78, 5) is 10.3. The van der Waals surface area contributed by atoms with Gasteiger partial charge in [0.05, 0.1) is 9.92 Å². The van der Waals surface area contributed by atoms with E-state index < -0.39 is 15.8 Å². The smallest absolute Gasteiger partial charge is 0.240 e. The fraction of sp³-hybridized carbons (Fsp3) is 0.333. The van der Waals surface area contributed by atoms with Gasteiger partial charge in [-0.2, -0.15) is 0 Å². The molecule has 1 atom stereocenters. The zero-order valence-corrected chi connectivity index (χ0v) is 14.3. The highest BCUT2D eigenvalue weighted by Crippen LogP contribution is 2.21. The molecule has 3 rings (SSSR count). The Morgan fingerprint density at radius 2 is 2.04 bits per heavy atom. The number of hydrogen-bond donors (Lipinski definition) is 1. The number of rotatable bonds is 4. The molecular weight excluding hydrogens is 355 g/mol. The van der Waals surface area contributed by atoms with E-state index in [1.807, 2.05) is 4.90 Å². The van der Waals surface area contributed by atoms with Crippen molar-refractivity contribution in [2.45, 2.75) is 23.8 Å². The van der Waals surface area contributed by atoms with Gasteiger partial charge in [-0.3, -0.25) is 0 Å². The molecule has 1 aromatic carbocycles. The first kappa shape index (κ1) is 17.1. The molecule has 0 spiro atoms. The number of nitrogens with zero attached hydrogens (tertiary/aromatic N) is 3. The van der Waals surface area contributed by atoms with E-state index in [1.54, 1.807) is 18.5 Å². The van der Waals surface area contributed by atoms with Crippen LogP contribution in [0.4, 0.5) is 10.3 Å². The Hall–Kier alpha value is -1.77. The Kier molecular flexibility index (Phi) is 4.98. The van der Waals surface area contributed by atoms with Crippen molar-refractivity contribution in [1.82, 2.24) is 14.7 Å². The van der Waals surface area contributed by atoms with Crippen LogP contribution in [0.5, 0.6) is 0 Å². The second-order valence-corrected chi connectivity index (χ2v) is 7.65. The monoisotopic (exact) mass is 370 g/mol. The number of hydrogen-bond acceptors (Lipinski definition) is 5. The standard InChI is InChI=1S/C15H16ClFN4O2S/c16-13-9-12(4-5-14(13)17)24(22,23)20-11-3-1-8-21(10-11)15-18-6-2-7-19-15/h2,4-7,9,11,20H,1,3,8,10H2/t11-/m1/s1. The second-order valence-electron chi connectivity index (χ2n) is 5.53. The molecule has 1 aromatic heterocycles. The van der Waals surface area contributed by atoms with Crippen molar-refractivity contribution in [3.05, 3.63) is 47.5 Å². The summed E-state index contributed by atoms with van der Waals surface area (Å²) in [5, 5.41) is -0.221. The van der Waals surface area contributed by atoms with Crippen LogP contribution >= 0.6 is 11.6 Å². The first-order chi connectivity index (χ1) is 11.5. The first-order valence-corrected chi connectivity index (χ1v) is 9.31. The number of piperidine rings is 1. The largest absolute Gasteiger partial charge is 0.339 e. The normalized spacial score (nSPS) is 18.6. The van der Waals surface area contributed by atoms with Crippen LogP contribution < -0.4 is 9.62 Å². The summed E-state index contributed by atoms with van der Waals surface area (Å²) >= 11 is 5.67. The number of benzene rings is 1. The van der Waals surface area contributed by atoms with Gasteiger partial charge >= 0.3 is 0 Å². The maximum absolute atomic E-state index is 13.2. The summed E-state index contributed by atoms with van der Waals surface area (Å²) in [5.74, 6) is -0.0769. The highest BCUT2D eigenvalue weighted by Gasteiger charge is 2.26. The van der Waals surface area contributed by atoms with Crippen LogP contribution in [0.3, 0.4) is 0 Å². The van der Waals surface area contributed by atoms with Crippen LogP contribution in [0.25, 0.3) is 0 Å². The Balaban J connectivity index is 1.73. The van der Waals surface area contributed by atoms with Crippen LogP contribution in [0.1, 0.15) is 12.8 Å². The molecule has 1 N–H and O–H groups in total. The van der Waals surface area contributed by atoms with E-state index in [0.29, 0.717) is 18.9 Å². The molecule has 1 aliphatic rings. The molecule has 1 aliphatic heterocycles. The minimum Gasteiger partial charge on any atom is -0.339 e. The molecular formula is C15H16ClFN4O2S. The number of nitrogens with one attached hydrogen (secondary N) is 1. The van der Waals surface area contributed by atoms with Crippen molar-refractivity contribution in [1.29, 1.82) is 0 Å². The molecule has 1 fully saturated rings. The van der Waals surface area contributed by atoms with Gasteiger partial charge in [0.15, 0.2) is 0 Å². The number of halogens is 2. The molecule has 0 unspecified atom stereocenters. The van der Waals surface area contributed by atoms with Crippen LogP contribution in [0.15, 0.2) is 41.6 Å². The van der Waals surface area contributed by atoms with Crippen LogP contribution in [-0.2, 0) is 10.0 Å². The van der Waals surface area contributed by atoms with Crippen molar-refractivity contribution in [3.63, 3.8) is 0 Å². The number of anilines is 1. The average Bonchev–Trinajstić information content (AvgIpc) is 2.58. The topological polar surface area (TPSA) is 75.2 Å². The van der Waals surface area contributed by atoms with Crippen LogP contribution in [0.2, 0.25) is 5.02 Å². The van der Waals surface area contributed by atoms with Crippen molar-refractivity contribution in [2.24, 2.45) is 0 Å². The first-order valence-electron chi connectivity index (χ1n) is 7.45. The third-order valence-electron chi connectivity index (χ3n) is 3.78. The van der Waals surface area contributed by atoms with Gasteiger partial charge in [-0.15, -0.1) is 0 Å². The molecule has 24 heavy (non-hydrogen) atoms. The van der Waals surface area contributed by atoms with Crippen molar-refractivity contribution < 1.29 is 12.8 Å². The predicted molar refractivity (Wildman–Crippen MR) is 89.0 cm³/mol. The second kappa shape index (κ2) is 7.00. The molecule has 0 aliphatic carbocycles. The van der Waals surface area contributed by atoms with Gasteiger partial charge in [-0.05, 0) is 37.1 Å². The SMILES string of the molecule is O=S(=O)(N[C@@H]1CCCN(c2ncccn2)C1)c1ccc(F)c(Cl)c1. The molecule has 0 saturated carbocycles. The van der Waals surface area contributed by atoms with Gasteiger partial charge < -0.3 is 4.90 Å². The molecule has 0 radical (unpaired) electrons. The maximum Gasteiger partial charge on any atom is 0.240 e. The Bertz CT molecular complexity index is 819. The summed E-state index contributed by atoms with van der Waals surface area (Å²) in [7, 11) is -3.77. The molecule has 9 heteroatoms. The molecule has 6 nitrogen and oxygen atoms in total. The average molecular weight is 371 g/mol. The Labute approximate surface area is 144 Å². The zero-order chi connectivity index (χ0) is 17.2. The maximum atomic E-state index is 13.2. The molecule has 2 heterocycles. The van der Waals surface area contributed by atoms with E-state index in [4.69, 9.17) is 11.6 Å². The van der Waals surface area contributed by atoms with Crippen LogP contribution in [0, 0.1) is 5.82 Å². The number of sulfonamides is 1. The molecule has 2 aromatic rings. The third kappa shape index (κ3) is 3.82. The van der Waals surface area contributed by atoms with Gasteiger partial charge in [0.25, 0.3) is 0 Å². The summed E-state index contributed by atoms with van der Waals surface area (Å²) < 4.78 is 40.8. The predicted octanol–water partition coefficient (Wildman–Crippen LogP) is 2.22. The lowest BCUT2D eigenvalue weighted by atomic mass is 10.1. The molecule has 0 bridgehead atoms. The van der Waals surface area contributed by atoms with Crippen molar-refractivity contribution in [2.75, 3.05) is 18.0 Å². The van der Waals surface area contributed by atoms with E-state index in [2.05, 4.69) is 14.7 Å².